The normalized spacial score (nSPS) is 10.4. The number of rotatable bonds is 8. The maximum Gasteiger partial charge on any atom is 0.265 e. The molecule has 0 atom stereocenters. The molecule has 1 heterocycles. The standard InChI is InChI=1S/C12H18N2O4S3/c1-19-5-3-13-11(17)9-7(15)8(16)10(21-9)12(18)14-4-6-20-2/h15-16H,3-6H2,1-2H3,(H,13,17)(H,14,18). The van der Waals surface area contributed by atoms with Crippen molar-refractivity contribution >= 4 is 46.7 Å². The molecule has 1 rings (SSSR count). The Hall–Kier alpha value is -1.06. The molecular weight excluding hydrogens is 332 g/mol. The Morgan fingerprint density at radius 2 is 1.33 bits per heavy atom. The monoisotopic (exact) mass is 350 g/mol. The molecule has 1 aromatic rings. The third-order valence-electron chi connectivity index (χ3n) is 2.45. The van der Waals surface area contributed by atoms with Crippen LogP contribution < -0.4 is 10.6 Å². The lowest BCUT2D eigenvalue weighted by atomic mass is 10.3. The molecule has 9 heteroatoms. The minimum Gasteiger partial charge on any atom is -0.503 e. The Morgan fingerprint density at radius 3 is 1.67 bits per heavy atom. The van der Waals surface area contributed by atoms with E-state index in [1.807, 2.05) is 12.5 Å². The molecule has 0 saturated carbocycles. The van der Waals surface area contributed by atoms with Crippen LogP contribution >= 0.6 is 34.9 Å². The predicted octanol–water partition coefficient (Wildman–Crippen LogP) is 1.34. The first-order valence-electron chi connectivity index (χ1n) is 6.11. The average Bonchev–Trinajstić information content (AvgIpc) is 2.76. The third-order valence-corrected chi connectivity index (χ3v) is 4.85. The van der Waals surface area contributed by atoms with Crippen LogP contribution in [0.2, 0.25) is 0 Å². The molecule has 0 saturated heterocycles. The van der Waals surface area contributed by atoms with Gasteiger partial charge in [0.15, 0.2) is 11.5 Å². The summed E-state index contributed by atoms with van der Waals surface area (Å²) in [4.78, 5) is 23.6. The number of thiophene rings is 1. The second-order valence-electron chi connectivity index (χ2n) is 3.95. The molecule has 1 aromatic heterocycles. The number of carbonyl (C=O) groups is 2. The van der Waals surface area contributed by atoms with Gasteiger partial charge in [-0.1, -0.05) is 0 Å². The Kier molecular flexibility index (Phi) is 7.76. The van der Waals surface area contributed by atoms with Gasteiger partial charge in [0.25, 0.3) is 11.8 Å². The second-order valence-corrected chi connectivity index (χ2v) is 6.95. The van der Waals surface area contributed by atoms with Crippen LogP contribution in [0.3, 0.4) is 0 Å². The highest BCUT2D eigenvalue weighted by atomic mass is 32.2. The van der Waals surface area contributed by atoms with Crippen LogP contribution in [0.4, 0.5) is 0 Å². The van der Waals surface area contributed by atoms with Gasteiger partial charge in [-0.05, 0) is 12.5 Å². The molecule has 4 N–H and O–H groups in total. The molecule has 0 unspecified atom stereocenters. The molecule has 6 nitrogen and oxygen atoms in total. The van der Waals surface area contributed by atoms with E-state index in [9.17, 15) is 19.8 Å². The summed E-state index contributed by atoms with van der Waals surface area (Å²) in [6.07, 6.45) is 3.83. The SMILES string of the molecule is CSCCNC(=O)c1sc(C(=O)NCCSC)c(O)c1O. The molecule has 118 valence electrons. The average molecular weight is 350 g/mol. The summed E-state index contributed by atoms with van der Waals surface area (Å²) in [5, 5.41) is 24.8. The first-order chi connectivity index (χ1) is 10.0. The van der Waals surface area contributed by atoms with Crippen LogP contribution in [0, 0.1) is 0 Å². The highest BCUT2D eigenvalue weighted by molar-refractivity contribution is 7.98. The van der Waals surface area contributed by atoms with Crippen LogP contribution in [-0.2, 0) is 0 Å². The molecule has 2 amide bonds. The van der Waals surface area contributed by atoms with E-state index in [-0.39, 0.29) is 9.75 Å². The van der Waals surface area contributed by atoms with Crippen LogP contribution in [0.5, 0.6) is 11.5 Å². The van der Waals surface area contributed by atoms with Crippen LogP contribution in [0.15, 0.2) is 0 Å². The molecule has 21 heavy (non-hydrogen) atoms. The zero-order valence-electron chi connectivity index (χ0n) is 11.8. The Balaban J connectivity index is 2.78. The van der Waals surface area contributed by atoms with Gasteiger partial charge in [-0.15, -0.1) is 11.3 Å². The van der Waals surface area contributed by atoms with Gasteiger partial charge in [-0.25, -0.2) is 0 Å². The van der Waals surface area contributed by atoms with E-state index in [1.165, 1.54) is 0 Å². The molecule has 0 radical (unpaired) electrons. The Labute approximate surface area is 135 Å². The maximum absolute atomic E-state index is 11.9. The van der Waals surface area contributed by atoms with Crippen LogP contribution in [0.1, 0.15) is 19.3 Å². The minimum absolute atomic E-state index is 0.0522. The quantitative estimate of drug-likeness (QED) is 0.528. The lowest BCUT2D eigenvalue weighted by molar-refractivity contribution is 0.0948. The fourth-order valence-corrected chi connectivity index (χ4v) is 2.95. The molecule has 0 aliphatic heterocycles. The second kappa shape index (κ2) is 9.06. The zero-order chi connectivity index (χ0) is 15.8. The van der Waals surface area contributed by atoms with Crippen molar-refractivity contribution in [2.45, 2.75) is 0 Å². The number of amides is 2. The van der Waals surface area contributed by atoms with Gasteiger partial charge < -0.3 is 20.8 Å². The van der Waals surface area contributed by atoms with Crippen molar-refractivity contribution in [1.82, 2.24) is 10.6 Å². The predicted molar refractivity (Wildman–Crippen MR) is 89.1 cm³/mol. The lowest BCUT2D eigenvalue weighted by Gasteiger charge is -2.02. The fraction of sp³-hybridized carbons (Fsp3) is 0.500. The van der Waals surface area contributed by atoms with Gasteiger partial charge in [0.05, 0.1) is 0 Å². The largest absolute Gasteiger partial charge is 0.503 e. The molecule has 0 aliphatic rings. The zero-order valence-corrected chi connectivity index (χ0v) is 14.2. The highest BCUT2D eigenvalue weighted by Gasteiger charge is 2.25. The third kappa shape index (κ3) is 5.01. The van der Waals surface area contributed by atoms with Gasteiger partial charge in [0.1, 0.15) is 9.75 Å². The van der Waals surface area contributed by atoms with Crippen molar-refractivity contribution in [3.05, 3.63) is 9.75 Å². The van der Waals surface area contributed by atoms with Gasteiger partial charge in [0, 0.05) is 24.6 Å². The van der Waals surface area contributed by atoms with Crippen molar-refractivity contribution < 1.29 is 19.8 Å². The van der Waals surface area contributed by atoms with Crippen molar-refractivity contribution in [3.63, 3.8) is 0 Å². The van der Waals surface area contributed by atoms with Gasteiger partial charge in [0.2, 0.25) is 0 Å². The van der Waals surface area contributed by atoms with E-state index in [0.29, 0.717) is 13.1 Å². The summed E-state index contributed by atoms with van der Waals surface area (Å²) in [6, 6.07) is 0. The number of hydrogen-bond donors (Lipinski definition) is 4. The van der Waals surface area contributed by atoms with Gasteiger partial charge >= 0.3 is 0 Å². The topological polar surface area (TPSA) is 98.7 Å². The Morgan fingerprint density at radius 1 is 0.952 bits per heavy atom. The molecule has 0 bridgehead atoms. The van der Waals surface area contributed by atoms with Gasteiger partial charge in [-0.2, -0.15) is 23.5 Å². The maximum atomic E-state index is 11.9. The summed E-state index contributed by atoms with van der Waals surface area (Å²) in [5.41, 5.74) is 0. The van der Waals surface area contributed by atoms with Gasteiger partial charge in [-0.3, -0.25) is 9.59 Å². The van der Waals surface area contributed by atoms with Crippen LogP contribution in [-0.4, -0.2) is 59.1 Å². The number of thioether (sulfide) groups is 2. The minimum atomic E-state index is -0.545. The smallest absolute Gasteiger partial charge is 0.265 e. The number of carbonyl (C=O) groups excluding carboxylic acids is 2. The van der Waals surface area contributed by atoms with Crippen molar-refractivity contribution in [1.29, 1.82) is 0 Å². The summed E-state index contributed by atoms with van der Waals surface area (Å²) in [5.74, 6) is -0.596. The number of aromatic hydroxyl groups is 2. The first-order valence-corrected chi connectivity index (χ1v) is 9.72. The number of hydrogen-bond acceptors (Lipinski definition) is 7. The van der Waals surface area contributed by atoms with E-state index in [2.05, 4.69) is 10.6 Å². The van der Waals surface area contributed by atoms with Crippen molar-refractivity contribution in [2.24, 2.45) is 0 Å². The molecular formula is C12H18N2O4S3. The summed E-state index contributed by atoms with van der Waals surface area (Å²) >= 11 is 3.94. The summed E-state index contributed by atoms with van der Waals surface area (Å²) in [7, 11) is 0. The Bertz CT molecular complexity index is 462. The van der Waals surface area contributed by atoms with Crippen molar-refractivity contribution in [2.75, 3.05) is 37.1 Å². The molecule has 0 aromatic carbocycles. The van der Waals surface area contributed by atoms with Crippen LogP contribution in [0.25, 0.3) is 0 Å². The van der Waals surface area contributed by atoms with Crippen molar-refractivity contribution in [3.8, 4) is 11.5 Å². The van der Waals surface area contributed by atoms with E-state index < -0.39 is 23.3 Å². The van der Waals surface area contributed by atoms with E-state index in [4.69, 9.17) is 0 Å². The first kappa shape index (κ1) is 18.0. The van der Waals surface area contributed by atoms with E-state index >= 15 is 0 Å². The van der Waals surface area contributed by atoms with E-state index in [0.717, 1.165) is 22.8 Å². The summed E-state index contributed by atoms with van der Waals surface area (Å²) < 4.78 is 0. The number of nitrogens with one attached hydrogen (secondary N) is 2. The highest BCUT2D eigenvalue weighted by Crippen LogP contribution is 2.40. The molecule has 0 fully saturated rings. The lowest BCUT2D eigenvalue weighted by Crippen LogP contribution is -2.25. The van der Waals surface area contributed by atoms with E-state index in [1.54, 1.807) is 23.5 Å². The summed E-state index contributed by atoms with van der Waals surface area (Å²) in [6.45, 7) is 0.903. The molecule has 0 aliphatic carbocycles. The molecule has 0 spiro atoms. The fourth-order valence-electron chi connectivity index (χ4n) is 1.42.